The number of rotatable bonds is 6. The quantitative estimate of drug-likeness (QED) is 0.437. The van der Waals surface area contributed by atoms with Gasteiger partial charge < -0.3 is 15.5 Å². The summed E-state index contributed by atoms with van der Waals surface area (Å²) < 4.78 is 6.16. The van der Waals surface area contributed by atoms with Gasteiger partial charge in [-0.1, -0.05) is 27.7 Å². The maximum Gasteiger partial charge on any atom is 0.157 e. The number of carbonyl (C=O) groups is 1. The van der Waals surface area contributed by atoms with Gasteiger partial charge in [0.05, 0.1) is 12.6 Å². The lowest BCUT2D eigenvalue weighted by Crippen LogP contribution is -2.51. The van der Waals surface area contributed by atoms with Gasteiger partial charge in [0, 0.05) is 24.9 Å². The first-order valence-corrected chi connectivity index (χ1v) is 13.4. The number of carbonyl (C=O) groups excluding carboxylic acids is 1. The van der Waals surface area contributed by atoms with Gasteiger partial charge in [0.25, 0.3) is 0 Å². The van der Waals surface area contributed by atoms with Gasteiger partial charge in [-0.3, -0.25) is 4.79 Å². The van der Waals surface area contributed by atoms with Crippen molar-refractivity contribution in [3.63, 3.8) is 0 Å². The van der Waals surface area contributed by atoms with E-state index in [0.717, 1.165) is 36.7 Å². The second-order valence-corrected chi connectivity index (χ2v) is 11.0. The highest BCUT2D eigenvalue weighted by atomic mass is 16.5. The molecular formula is C27H49N3O2. The molecule has 32 heavy (non-hydrogen) atoms. The van der Waals surface area contributed by atoms with Gasteiger partial charge in [0.2, 0.25) is 0 Å². The Morgan fingerprint density at radius 1 is 1.09 bits per heavy atom. The van der Waals surface area contributed by atoms with Crippen molar-refractivity contribution in [2.45, 2.75) is 92.1 Å². The number of ketones is 1. The lowest BCUT2D eigenvalue weighted by Gasteiger charge is -2.57. The molecule has 9 unspecified atom stereocenters. The number of nitrogens with two attached hydrogens (primary N) is 2. The summed E-state index contributed by atoms with van der Waals surface area (Å²) >= 11 is 0. The maximum atomic E-state index is 13.1. The van der Waals surface area contributed by atoms with E-state index in [1.807, 2.05) is 13.8 Å². The molecule has 184 valence electrons. The van der Waals surface area contributed by atoms with E-state index in [2.05, 4.69) is 20.8 Å². The third kappa shape index (κ3) is 4.75. The molecule has 4 aliphatic rings. The molecule has 4 saturated carbocycles. The van der Waals surface area contributed by atoms with E-state index in [9.17, 15) is 4.79 Å². The summed E-state index contributed by atoms with van der Waals surface area (Å²) in [4.78, 5) is 13.1. The standard InChI is InChI=1S/C25H43N3O2.C2H6/c1-4-30-24-14-20-17(13-16(24)2)5-6-19-18(20)9-10-25(3)21(19)7-8-22(25)23(29)15-28(27)12-11-26;1-2/h11-12,16-22,24H,4-10,13-15,26-27H2,1-3H3;1-2H3/b12-11-;. The number of hydrogen-bond acceptors (Lipinski definition) is 5. The van der Waals surface area contributed by atoms with Crippen LogP contribution in [0.5, 0.6) is 0 Å². The molecule has 5 heteroatoms. The highest BCUT2D eigenvalue weighted by molar-refractivity contribution is 5.84. The van der Waals surface area contributed by atoms with Crippen molar-refractivity contribution in [1.29, 1.82) is 0 Å². The number of hydrogen-bond donors (Lipinski definition) is 2. The smallest absolute Gasteiger partial charge is 0.157 e. The number of fused-ring (bicyclic) bond motifs is 5. The predicted octanol–water partition coefficient (Wildman–Crippen LogP) is 5.11. The summed E-state index contributed by atoms with van der Waals surface area (Å²) in [6.07, 6.45) is 13.6. The van der Waals surface area contributed by atoms with Crippen molar-refractivity contribution in [2.24, 2.45) is 58.4 Å². The lowest BCUT2D eigenvalue weighted by atomic mass is 9.49. The van der Waals surface area contributed by atoms with E-state index in [1.54, 1.807) is 6.20 Å². The van der Waals surface area contributed by atoms with Crippen molar-refractivity contribution in [2.75, 3.05) is 13.2 Å². The summed E-state index contributed by atoms with van der Waals surface area (Å²) in [6.45, 7) is 12.1. The first-order chi connectivity index (χ1) is 15.4. The van der Waals surface area contributed by atoms with Gasteiger partial charge in [0.1, 0.15) is 0 Å². The van der Waals surface area contributed by atoms with E-state index in [0.29, 0.717) is 23.7 Å². The number of hydrazine groups is 1. The minimum Gasteiger partial charge on any atom is -0.403 e. The molecule has 4 aliphatic carbocycles. The molecule has 4 rings (SSSR count). The van der Waals surface area contributed by atoms with Gasteiger partial charge in [-0.2, -0.15) is 0 Å². The third-order valence-corrected chi connectivity index (χ3v) is 9.72. The first kappa shape index (κ1) is 25.6. The van der Waals surface area contributed by atoms with Gasteiger partial charge >= 0.3 is 0 Å². The van der Waals surface area contributed by atoms with Crippen LogP contribution >= 0.6 is 0 Å². The van der Waals surface area contributed by atoms with E-state index in [-0.39, 0.29) is 17.9 Å². The molecule has 9 atom stereocenters. The average molecular weight is 448 g/mol. The number of nitrogens with zero attached hydrogens (tertiary/aromatic N) is 1. The largest absolute Gasteiger partial charge is 0.403 e. The minimum atomic E-state index is 0.152. The monoisotopic (exact) mass is 447 g/mol. The Balaban J connectivity index is 0.00000141. The molecular weight excluding hydrogens is 398 g/mol. The minimum absolute atomic E-state index is 0.152. The van der Waals surface area contributed by atoms with Crippen LogP contribution in [0.25, 0.3) is 0 Å². The average Bonchev–Trinajstić information content (AvgIpc) is 3.13. The predicted molar refractivity (Wildman–Crippen MR) is 131 cm³/mol. The fourth-order valence-electron chi connectivity index (χ4n) is 8.45. The first-order valence-electron chi connectivity index (χ1n) is 13.4. The van der Waals surface area contributed by atoms with Crippen LogP contribution in [0.1, 0.15) is 86.0 Å². The molecule has 0 amide bonds. The van der Waals surface area contributed by atoms with Crippen LogP contribution in [-0.2, 0) is 9.53 Å². The summed E-state index contributed by atoms with van der Waals surface area (Å²) in [5.41, 5.74) is 5.58. The zero-order valence-electron chi connectivity index (χ0n) is 21.3. The van der Waals surface area contributed by atoms with Gasteiger partial charge in [-0.05, 0) is 99.2 Å². The van der Waals surface area contributed by atoms with E-state index < -0.39 is 0 Å². The van der Waals surface area contributed by atoms with Crippen LogP contribution < -0.4 is 11.6 Å². The van der Waals surface area contributed by atoms with Crippen molar-refractivity contribution in [1.82, 2.24) is 5.01 Å². The van der Waals surface area contributed by atoms with Gasteiger partial charge in [-0.25, -0.2) is 5.84 Å². The van der Waals surface area contributed by atoms with E-state index in [4.69, 9.17) is 16.3 Å². The molecule has 0 heterocycles. The molecule has 0 spiro atoms. The van der Waals surface area contributed by atoms with Crippen molar-refractivity contribution in [3.05, 3.63) is 12.4 Å². The van der Waals surface area contributed by atoms with Crippen LogP contribution in [0.2, 0.25) is 0 Å². The Labute approximate surface area is 196 Å². The normalized spacial score (nSPS) is 42.9. The van der Waals surface area contributed by atoms with Crippen LogP contribution in [0, 0.1) is 46.8 Å². The summed E-state index contributed by atoms with van der Waals surface area (Å²) in [7, 11) is 0. The number of Topliss-reactive ketones (excluding diaryl/α,β-unsaturated/α-hetero) is 1. The molecule has 0 bridgehead atoms. The van der Waals surface area contributed by atoms with Crippen LogP contribution in [-0.4, -0.2) is 30.0 Å². The second kappa shape index (κ2) is 10.9. The van der Waals surface area contributed by atoms with Gasteiger partial charge in [-0.15, -0.1) is 0 Å². The molecule has 0 aliphatic heterocycles. The lowest BCUT2D eigenvalue weighted by molar-refractivity contribution is -0.133. The van der Waals surface area contributed by atoms with Crippen molar-refractivity contribution in [3.8, 4) is 0 Å². The summed E-state index contributed by atoms with van der Waals surface area (Å²) in [5, 5.41) is 1.44. The molecule has 0 radical (unpaired) electrons. The van der Waals surface area contributed by atoms with E-state index in [1.165, 1.54) is 56.2 Å². The molecule has 0 saturated heterocycles. The molecule has 0 aromatic heterocycles. The Kier molecular flexibility index (Phi) is 8.71. The second-order valence-electron chi connectivity index (χ2n) is 11.0. The molecule has 0 aromatic rings. The SMILES string of the molecule is CC.CCOC1CC2C(CCC3C2CCC2(C)C(C(=O)CN(N)/C=C\N)CCC32)CC1C. The fourth-order valence-corrected chi connectivity index (χ4v) is 8.45. The summed E-state index contributed by atoms with van der Waals surface area (Å²) in [5.74, 6) is 11.2. The zero-order valence-corrected chi connectivity index (χ0v) is 21.3. The molecule has 4 N–H and O–H groups in total. The third-order valence-electron chi connectivity index (χ3n) is 9.72. The Hall–Kier alpha value is -1.07. The highest BCUT2D eigenvalue weighted by Crippen LogP contribution is 2.64. The maximum absolute atomic E-state index is 13.1. The Morgan fingerprint density at radius 3 is 2.53 bits per heavy atom. The number of ether oxygens (including phenoxy) is 1. The van der Waals surface area contributed by atoms with Gasteiger partial charge in [0.15, 0.2) is 5.78 Å². The van der Waals surface area contributed by atoms with Crippen LogP contribution in [0.3, 0.4) is 0 Å². The summed E-state index contributed by atoms with van der Waals surface area (Å²) in [6, 6.07) is 0. The molecule has 0 aromatic carbocycles. The van der Waals surface area contributed by atoms with Crippen molar-refractivity contribution >= 4 is 5.78 Å². The Morgan fingerprint density at radius 2 is 1.84 bits per heavy atom. The fraction of sp³-hybridized carbons (Fsp3) is 0.889. The highest BCUT2D eigenvalue weighted by Gasteiger charge is 2.58. The topological polar surface area (TPSA) is 81.6 Å². The van der Waals surface area contributed by atoms with Crippen LogP contribution in [0.4, 0.5) is 0 Å². The zero-order chi connectivity index (χ0) is 23.5. The Bertz CT molecular complexity index is 653. The molecule has 4 fully saturated rings. The van der Waals surface area contributed by atoms with E-state index >= 15 is 0 Å². The van der Waals surface area contributed by atoms with Crippen LogP contribution in [0.15, 0.2) is 12.4 Å². The molecule has 5 nitrogen and oxygen atoms in total. The van der Waals surface area contributed by atoms with Crippen molar-refractivity contribution < 1.29 is 9.53 Å².